The van der Waals surface area contributed by atoms with E-state index in [1.54, 1.807) is 53.1 Å². The summed E-state index contributed by atoms with van der Waals surface area (Å²) in [7, 11) is 0. The molecule has 0 bridgehead atoms. The van der Waals surface area contributed by atoms with Gasteiger partial charge in [-0.2, -0.15) is 8.78 Å². The van der Waals surface area contributed by atoms with Crippen molar-refractivity contribution in [2.45, 2.75) is 13.2 Å². The highest BCUT2D eigenvalue weighted by Crippen LogP contribution is 2.25. The second-order valence-corrected chi connectivity index (χ2v) is 7.03. The van der Waals surface area contributed by atoms with Crippen LogP contribution >= 0.6 is 0 Å². The van der Waals surface area contributed by atoms with Gasteiger partial charge in [-0.3, -0.25) is 14.4 Å². The van der Waals surface area contributed by atoms with Crippen LogP contribution in [0.25, 0.3) is 21.8 Å². The first kappa shape index (κ1) is 21.9. The van der Waals surface area contributed by atoms with Crippen molar-refractivity contribution in [1.29, 1.82) is 0 Å². The number of benzene rings is 3. The number of pyridine rings is 1. The van der Waals surface area contributed by atoms with Crippen LogP contribution in [0.5, 0.6) is 5.75 Å². The number of alkyl halides is 2. The van der Waals surface area contributed by atoms with Crippen LogP contribution in [0.3, 0.4) is 0 Å². The van der Waals surface area contributed by atoms with Gasteiger partial charge in [-0.15, -0.1) is 0 Å². The molecule has 0 radical (unpaired) electrons. The number of esters is 1. The minimum atomic E-state index is -3.05. The summed E-state index contributed by atoms with van der Waals surface area (Å²) in [5.74, 6) is -1.64. The Bertz CT molecular complexity index is 1340. The van der Waals surface area contributed by atoms with Gasteiger partial charge in [-0.25, -0.2) is 0 Å². The molecule has 3 aromatic carbocycles. The molecule has 7 nitrogen and oxygen atoms in total. The molecule has 168 valence electrons. The first-order valence-electron chi connectivity index (χ1n) is 9.93. The lowest BCUT2D eigenvalue weighted by molar-refractivity contribution is -0.147. The van der Waals surface area contributed by atoms with Crippen molar-refractivity contribution in [3.05, 3.63) is 83.0 Å². The molecule has 0 atom stereocenters. The fraction of sp³-hybridized carbons (Fsp3) is 0.125. The van der Waals surface area contributed by atoms with Crippen molar-refractivity contribution in [3.63, 3.8) is 0 Å². The molecule has 0 saturated heterocycles. The van der Waals surface area contributed by atoms with Gasteiger partial charge in [0.2, 0.25) is 0 Å². The van der Waals surface area contributed by atoms with Gasteiger partial charge in [0.05, 0.1) is 16.7 Å². The van der Waals surface area contributed by atoms with Gasteiger partial charge >= 0.3 is 12.6 Å². The smallest absolute Gasteiger partial charge is 0.387 e. The molecule has 1 amide bonds. The van der Waals surface area contributed by atoms with Crippen molar-refractivity contribution in [3.8, 4) is 5.75 Å². The number of amides is 1. The monoisotopic (exact) mass is 452 g/mol. The van der Waals surface area contributed by atoms with Gasteiger partial charge in [0.25, 0.3) is 5.91 Å². The van der Waals surface area contributed by atoms with Crippen LogP contribution in [0.2, 0.25) is 0 Å². The van der Waals surface area contributed by atoms with Crippen LogP contribution in [-0.4, -0.2) is 29.7 Å². The molecule has 1 aromatic heterocycles. The standard InChI is InChI=1S/C24H18F2N2O5/c25-24(26)33-20-12-6-3-9-17(20)27-21(29)14-32-22(30)13-28-18-10-4-1-7-15(18)23(31)16-8-2-5-11-19(16)28/h1-12,24H,13-14H2,(H,27,29). The number of carbonyl (C=O) groups is 2. The van der Waals surface area contributed by atoms with Gasteiger partial charge < -0.3 is 19.4 Å². The van der Waals surface area contributed by atoms with Crippen LogP contribution < -0.4 is 15.5 Å². The molecule has 9 heteroatoms. The maximum atomic E-state index is 12.8. The van der Waals surface area contributed by atoms with E-state index in [1.807, 2.05) is 0 Å². The Hall–Kier alpha value is -4.27. The Balaban J connectivity index is 1.49. The molecule has 33 heavy (non-hydrogen) atoms. The normalized spacial score (nSPS) is 11.0. The Kier molecular flexibility index (Phi) is 6.30. The van der Waals surface area contributed by atoms with Crippen molar-refractivity contribution >= 4 is 39.4 Å². The number of rotatable bonds is 7. The zero-order chi connectivity index (χ0) is 23.4. The lowest BCUT2D eigenvalue weighted by atomic mass is 10.1. The second-order valence-electron chi connectivity index (χ2n) is 7.03. The number of hydrogen-bond acceptors (Lipinski definition) is 5. The summed E-state index contributed by atoms with van der Waals surface area (Å²) in [5.41, 5.74) is 0.993. The van der Waals surface area contributed by atoms with Crippen LogP contribution in [0.15, 0.2) is 77.6 Å². The SMILES string of the molecule is O=C(COC(=O)Cn1c2ccccc2c(=O)c2ccccc21)Nc1ccccc1OC(F)F. The molecule has 0 fully saturated rings. The first-order valence-corrected chi connectivity index (χ1v) is 9.93. The Morgan fingerprint density at radius 1 is 0.879 bits per heavy atom. The van der Waals surface area contributed by atoms with E-state index in [0.717, 1.165) is 0 Å². The quantitative estimate of drug-likeness (QED) is 0.339. The number of hydrogen-bond donors (Lipinski definition) is 1. The molecule has 4 rings (SSSR count). The number of nitrogens with one attached hydrogen (secondary N) is 1. The number of anilines is 1. The van der Waals surface area contributed by atoms with Gasteiger partial charge in [0.15, 0.2) is 12.0 Å². The lowest BCUT2D eigenvalue weighted by Crippen LogP contribution is -2.24. The summed E-state index contributed by atoms with van der Waals surface area (Å²) < 4.78 is 36.1. The fourth-order valence-electron chi connectivity index (χ4n) is 3.52. The van der Waals surface area contributed by atoms with Gasteiger partial charge in [-0.05, 0) is 36.4 Å². The molecule has 0 aliphatic heterocycles. The van der Waals surface area contributed by atoms with Gasteiger partial charge in [-0.1, -0.05) is 36.4 Å². The summed E-state index contributed by atoms with van der Waals surface area (Å²) in [4.78, 5) is 37.5. The zero-order valence-corrected chi connectivity index (χ0v) is 17.2. The lowest BCUT2D eigenvalue weighted by Gasteiger charge is -2.15. The van der Waals surface area contributed by atoms with Crippen LogP contribution in [0, 0.1) is 0 Å². The van der Waals surface area contributed by atoms with Gasteiger partial charge in [0.1, 0.15) is 12.3 Å². The minimum absolute atomic E-state index is 0.0243. The summed E-state index contributed by atoms with van der Waals surface area (Å²) in [5, 5.41) is 3.29. The van der Waals surface area contributed by atoms with Crippen LogP contribution in [0.4, 0.5) is 14.5 Å². The third kappa shape index (κ3) is 4.82. The number of carbonyl (C=O) groups excluding carboxylic acids is 2. The molecule has 0 spiro atoms. The van der Waals surface area contributed by atoms with Crippen molar-refractivity contribution < 1.29 is 27.8 Å². The summed E-state index contributed by atoms with van der Waals surface area (Å²) in [6.45, 7) is -3.92. The molecular weight excluding hydrogens is 434 g/mol. The molecule has 4 aromatic rings. The second kappa shape index (κ2) is 9.47. The summed E-state index contributed by atoms with van der Waals surface area (Å²) >= 11 is 0. The molecule has 1 heterocycles. The predicted molar refractivity (Wildman–Crippen MR) is 118 cm³/mol. The van der Waals surface area contributed by atoms with E-state index >= 15 is 0 Å². The van der Waals surface area contributed by atoms with E-state index in [1.165, 1.54) is 24.3 Å². The van der Waals surface area contributed by atoms with E-state index in [2.05, 4.69) is 10.1 Å². The average molecular weight is 452 g/mol. The Labute approximate surface area is 186 Å². The molecule has 0 saturated carbocycles. The zero-order valence-electron chi connectivity index (χ0n) is 17.2. The van der Waals surface area contributed by atoms with Crippen molar-refractivity contribution in [2.24, 2.45) is 0 Å². The number of fused-ring (bicyclic) bond motifs is 2. The molecule has 0 aliphatic rings. The molecular formula is C24H18F2N2O5. The Morgan fingerprint density at radius 2 is 1.45 bits per heavy atom. The highest BCUT2D eigenvalue weighted by Gasteiger charge is 2.16. The summed E-state index contributed by atoms with van der Waals surface area (Å²) in [6, 6.07) is 19.5. The Morgan fingerprint density at radius 3 is 2.09 bits per heavy atom. The predicted octanol–water partition coefficient (Wildman–Crippen LogP) is 3.94. The maximum absolute atomic E-state index is 12.8. The fourth-order valence-corrected chi connectivity index (χ4v) is 3.52. The van der Waals surface area contributed by atoms with Crippen LogP contribution in [-0.2, 0) is 20.9 Å². The number of ether oxygens (including phenoxy) is 2. The summed E-state index contributed by atoms with van der Waals surface area (Å²) in [6.07, 6.45) is 0. The maximum Gasteiger partial charge on any atom is 0.387 e. The van der Waals surface area contributed by atoms with E-state index < -0.39 is 25.1 Å². The van der Waals surface area contributed by atoms with E-state index in [9.17, 15) is 23.2 Å². The average Bonchev–Trinajstić information content (AvgIpc) is 2.81. The first-order chi connectivity index (χ1) is 15.9. The third-order valence-corrected chi connectivity index (χ3v) is 4.91. The largest absolute Gasteiger partial charge is 0.454 e. The minimum Gasteiger partial charge on any atom is -0.454 e. The number of nitrogens with zero attached hydrogens (tertiary/aromatic N) is 1. The van der Waals surface area contributed by atoms with E-state index in [4.69, 9.17) is 4.74 Å². The molecule has 0 unspecified atom stereocenters. The highest BCUT2D eigenvalue weighted by molar-refractivity contribution is 5.96. The van der Waals surface area contributed by atoms with Crippen molar-refractivity contribution in [1.82, 2.24) is 4.57 Å². The van der Waals surface area contributed by atoms with Crippen molar-refractivity contribution in [2.75, 3.05) is 11.9 Å². The number of aromatic nitrogens is 1. The number of halogens is 2. The van der Waals surface area contributed by atoms with E-state index in [-0.39, 0.29) is 23.4 Å². The highest BCUT2D eigenvalue weighted by atomic mass is 19.3. The topological polar surface area (TPSA) is 86.6 Å². The number of para-hydroxylation sites is 4. The van der Waals surface area contributed by atoms with E-state index in [0.29, 0.717) is 21.8 Å². The molecule has 0 aliphatic carbocycles. The van der Waals surface area contributed by atoms with Crippen LogP contribution in [0.1, 0.15) is 0 Å². The molecule has 1 N–H and O–H groups in total. The third-order valence-electron chi connectivity index (χ3n) is 4.91. The van der Waals surface area contributed by atoms with Gasteiger partial charge in [0, 0.05) is 10.8 Å².